The molecule has 0 unspecified atom stereocenters. The Balaban J connectivity index is -0.000000105. The van der Waals surface area contributed by atoms with Gasteiger partial charge in [-0.1, -0.05) is 162 Å². The van der Waals surface area contributed by atoms with Crippen LogP contribution in [0, 0.1) is 0 Å². The molecule has 6 nitrogen and oxygen atoms in total. The summed E-state index contributed by atoms with van der Waals surface area (Å²) in [6.07, 6.45) is 32.1. The minimum absolute atomic E-state index is 0. The number of aliphatic carboxylic acids is 1. The quantitative estimate of drug-likeness (QED) is 0.0557. The molecular weight excluding hydrogens is 551 g/mol. The van der Waals surface area contributed by atoms with Crippen molar-refractivity contribution in [3.63, 3.8) is 0 Å². The van der Waals surface area contributed by atoms with E-state index in [1.54, 1.807) is 0 Å². The Morgan fingerprint density at radius 2 is 0.821 bits per heavy atom. The van der Waals surface area contributed by atoms with E-state index >= 15 is 0 Å². The number of carboxylic acids is 1. The first-order valence-corrected chi connectivity index (χ1v) is 17.0. The number of hydrogen-bond donors (Lipinski definition) is 2. The van der Waals surface area contributed by atoms with Crippen molar-refractivity contribution in [2.24, 2.45) is 0 Å². The summed E-state index contributed by atoms with van der Waals surface area (Å²) in [5.41, 5.74) is 0. The largest absolute Gasteiger partial charge is 2.00 e. The summed E-state index contributed by atoms with van der Waals surface area (Å²) in [5, 5.41) is 8.52. The average Bonchev–Trinajstić information content (AvgIpc) is 2.84. The number of rotatable bonds is 28. The fourth-order valence-electron chi connectivity index (χ4n) is 4.40. The maximum Gasteiger partial charge on any atom is 2.00 e. The average molecular weight is 617 g/mol. The number of carboxylic acid groups (broad SMARTS) is 1. The maximum absolute atomic E-state index is 10.3. The molecular formula is C30H65CaNaO6S. The summed E-state index contributed by atoms with van der Waals surface area (Å²) in [6.45, 7) is 4.58. The molecule has 0 aliphatic carbocycles. The molecule has 0 saturated heterocycles. The molecule has 9 heteroatoms. The van der Waals surface area contributed by atoms with Crippen LogP contribution in [0.15, 0.2) is 0 Å². The molecule has 0 aliphatic heterocycles. The molecule has 0 fully saturated rings. The number of hydrogen-bond acceptors (Lipinski definition) is 4. The maximum atomic E-state index is 10.3. The van der Waals surface area contributed by atoms with E-state index in [1.807, 2.05) is 0 Å². The number of carbonyl (C=O) groups is 1. The zero-order valence-corrected chi connectivity index (χ0v) is 31.3. The smallest absolute Gasteiger partial charge is 1.00 e. The van der Waals surface area contributed by atoms with Gasteiger partial charge in [-0.15, -0.1) is 0 Å². The van der Waals surface area contributed by atoms with E-state index in [0.29, 0.717) is 12.8 Å². The van der Waals surface area contributed by atoms with Crippen molar-refractivity contribution in [3.05, 3.63) is 0 Å². The Morgan fingerprint density at radius 3 is 1.08 bits per heavy atom. The summed E-state index contributed by atoms with van der Waals surface area (Å²) in [4.78, 5) is 10.3. The third-order valence-corrected chi connectivity index (χ3v) is 7.19. The summed E-state index contributed by atoms with van der Waals surface area (Å²) in [5.74, 6) is -0.653. The first-order chi connectivity index (χ1) is 17.8. The van der Waals surface area contributed by atoms with Gasteiger partial charge >= 0.3 is 83.7 Å². The van der Waals surface area contributed by atoms with Gasteiger partial charge in [0.1, 0.15) is 0 Å². The zero-order chi connectivity index (χ0) is 27.9. The molecule has 0 aromatic carbocycles. The topological polar surface area (TPSA) is 101 Å². The number of unbranched alkanes of at least 4 members (excludes halogenated alkanes) is 23. The van der Waals surface area contributed by atoms with Gasteiger partial charge in [0.15, 0.2) is 0 Å². The standard InChI is InChI=1S/C18H36O2.C12H26O4S.Ca.Na.3H/c1-2-3-4-5-6-7-8-9-10-11-12-13-14-15-16-17-18(19)20;1-2-3-4-5-6-7-8-9-10-11-12-16-17(13,14)15;;;;;/h2-17H2,1H3,(H,19,20);2-12H2,1H3,(H,13,14,15);;;;;/q;;+2;+1;3*-1. The van der Waals surface area contributed by atoms with Gasteiger partial charge in [-0.05, 0) is 12.8 Å². The molecule has 0 amide bonds. The van der Waals surface area contributed by atoms with Crippen LogP contribution in [0.5, 0.6) is 0 Å². The van der Waals surface area contributed by atoms with Gasteiger partial charge in [-0.25, -0.2) is 4.18 Å². The fourth-order valence-corrected chi connectivity index (χ4v) is 4.73. The third-order valence-electron chi connectivity index (χ3n) is 6.72. The SMILES string of the molecule is CCCCCCCCCCCCCCCCCC(=O)O.CCCCCCCCCCCCOS(=O)(=O)O.[Ca+2].[H-].[H-].[H-].[Na+]. The van der Waals surface area contributed by atoms with E-state index in [1.165, 1.54) is 128 Å². The first kappa shape index (κ1) is 47.5. The Morgan fingerprint density at radius 1 is 0.564 bits per heavy atom. The van der Waals surface area contributed by atoms with E-state index in [0.717, 1.165) is 25.7 Å². The molecule has 0 heterocycles. The Kier molecular flexibility index (Phi) is 48.3. The van der Waals surface area contributed by atoms with Crippen molar-refractivity contribution in [2.45, 2.75) is 181 Å². The minimum atomic E-state index is -4.23. The van der Waals surface area contributed by atoms with Crippen LogP contribution in [0.4, 0.5) is 0 Å². The summed E-state index contributed by atoms with van der Waals surface area (Å²) in [7, 11) is -4.23. The van der Waals surface area contributed by atoms with Crippen LogP contribution in [0.1, 0.15) is 185 Å². The van der Waals surface area contributed by atoms with Crippen molar-refractivity contribution in [2.75, 3.05) is 6.61 Å². The van der Waals surface area contributed by atoms with Crippen molar-refractivity contribution < 1.29 is 60.9 Å². The van der Waals surface area contributed by atoms with Crippen LogP contribution in [0.3, 0.4) is 0 Å². The van der Waals surface area contributed by atoms with E-state index in [4.69, 9.17) is 9.66 Å². The molecule has 0 radical (unpaired) electrons. The van der Waals surface area contributed by atoms with Crippen LogP contribution in [0.25, 0.3) is 0 Å². The minimum Gasteiger partial charge on any atom is -1.00 e. The summed E-state index contributed by atoms with van der Waals surface area (Å²) in [6, 6.07) is 0. The molecule has 39 heavy (non-hydrogen) atoms. The van der Waals surface area contributed by atoms with E-state index in [-0.39, 0.29) is 78.2 Å². The Labute approximate surface area is 299 Å². The van der Waals surface area contributed by atoms with Gasteiger partial charge in [0.2, 0.25) is 0 Å². The molecule has 0 atom stereocenters. The van der Waals surface area contributed by atoms with Crippen LogP contribution >= 0.6 is 0 Å². The van der Waals surface area contributed by atoms with Gasteiger partial charge in [0.05, 0.1) is 6.61 Å². The van der Waals surface area contributed by atoms with Crippen LogP contribution in [-0.2, 0) is 19.4 Å². The molecule has 0 spiro atoms. The van der Waals surface area contributed by atoms with Gasteiger partial charge in [0, 0.05) is 6.42 Å². The summed E-state index contributed by atoms with van der Waals surface area (Å²) < 4.78 is 33.0. The first-order valence-electron chi connectivity index (χ1n) is 15.7. The van der Waals surface area contributed by atoms with Gasteiger partial charge in [-0.2, -0.15) is 8.42 Å². The molecule has 0 rings (SSSR count). The van der Waals surface area contributed by atoms with Crippen molar-refractivity contribution >= 4 is 54.1 Å². The molecule has 0 bridgehead atoms. The fraction of sp³-hybridized carbons (Fsp3) is 0.967. The van der Waals surface area contributed by atoms with Gasteiger partial charge in [0.25, 0.3) is 0 Å². The molecule has 0 aromatic rings. The normalized spacial score (nSPS) is 10.7. The second kappa shape index (κ2) is 39.6. The van der Waals surface area contributed by atoms with Crippen LogP contribution in [-0.4, -0.2) is 68.4 Å². The van der Waals surface area contributed by atoms with Gasteiger partial charge in [-0.3, -0.25) is 9.35 Å². The molecule has 0 aromatic heterocycles. The predicted molar refractivity (Wildman–Crippen MR) is 166 cm³/mol. The second-order valence-corrected chi connectivity index (χ2v) is 11.6. The second-order valence-electron chi connectivity index (χ2n) is 10.5. The third kappa shape index (κ3) is 52.7. The monoisotopic (exact) mass is 616 g/mol. The molecule has 0 saturated carbocycles. The zero-order valence-electron chi connectivity index (χ0n) is 29.2. The Hall–Kier alpha value is 1.60. The van der Waals surface area contributed by atoms with Crippen molar-refractivity contribution in [1.29, 1.82) is 0 Å². The molecule has 2 N–H and O–H groups in total. The van der Waals surface area contributed by atoms with E-state index < -0.39 is 16.4 Å². The predicted octanol–water partition coefficient (Wildman–Crippen LogP) is 7.02. The van der Waals surface area contributed by atoms with Gasteiger partial charge < -0.3 is 9.39 Å². The summed E-state index contributed by atoms with van der Waals surface area (Å²) >= 11 is 0. The Bertz CT molecular complexity index is 579. The van der Waals surface area contributed by atoms with E-state index in [2.05, 4.69) is 18.0 Å². The van der Waals surface area contributed by atoms with Crippen molar-refractivity contribution in [3.8, 4) is 0 Å². The van der Waals surface area contributed by atoms with Crippen LogP contribution in [0.2, 0.25) is 0 Å². The molecule has 0 aliphatic rings. The molecule has 230 valence electrons. The van der Waals surface area contributed by atoms with Crippen LogP contribution < -0.4 is 29.6 Å². The van der Waals surface area contributed by atoms with Crippen molar-refractivity contribution in [1.82, 2.24) is 0 Å². The van der Waals surface area contributed by atoms with E-state index in [9.17, 15) is 13.2 Å².